The quantitative estimate of drug-likeness (QED) is 0.483. The van der Waals surface area contributed by atoms with Gasteiger partial charge in [-0.15, -0.1) is 0 Å². The largest absolute Gasteiger partial charge is 0.0683 e. The van der Waals surface area contributed by atoms with Gasteiger partial charge in [-0.2, -0.15) is 0 Å². The van der Waals surface area contributed by atoms with Crippen LogP contribution in [0.15, 0.2) is 0 Å². The molecular formula is C14H32. The summed E-state index contributed by atoms with van der Waals surface area (Å²) in [6.45, 7) is 20.0. The second kappa shape index (κ2) is 6.48. The number of rotatable bonds is 0. The molecule has 0 heterocycles. The molecule has 0 atom stereocenters. The topological polar surface area (TPSA) is 0 Å². The summed E-state index contributed by atoms with van der Waals surface area (Å²) < 4.78 is 0. The second-order valence-corrected chi connectivity index (χ2v) is 5.20. The molecule has 0 N–H and O–H groups in total. The monoisotopic (exact) mass is 200 g/mol. The van der Waals surface area contributed by atoms with Crippen molar-refractivity contribution in [2.75, 3.05) is 0 Å². The van der Waals surface area contributed by atoms with Crippen LogP contribution < -0.4 is 0 Å². The van der Waals surface area contributed by atoms with Crippen LogP contribution in [0, 0.1) is 16.7 Å². The molecule has 1 saturated carbocycles. The lowest BCUT2D eigenvalue weighted by Crippen LogP contribution is -2.24. The van der Waals surface area contributed by atoms with E-state index in [-0.39, 0.29) is 0 Å². The third kappa shape index (κ3) is 4.02. The van der Waals surface area contributed by atoms with Crippen molar-refractivity contribution in [2.45, 2.75) is 75.2 Å². The molecule has 0 aliphatic heterocycles. The van der Waals surface area contributed by atoms with E-state index in [4.69, 9.17) is 0 Å². The van der Waals surface area contributed by atoms with E-state index in [0.717, 1.165) is 5.92 Å². The van der Waals surface area contributed by atoms with Crippen LogP contribution in [0.5, 0.6) is 0 Å². The molecule has 1 aliphatic rings. The second-order valence-electron chi connectivity index (χ2n) is 5.20. The Hall–Kier alpha value is 0. The van der Waals surface area contributed by atoms with Crippen molar-refractivity contribution >= 4 is 0 Å². The highest BCUT2D eigenvalue weighted by Crippen LogP contribution is 2.53. The van der Waals surface area contributed by atoms with Crippen LogP contribution in [0.3, 0.4) is 0 Å². The van der Waals surface area contributed by atoms with Crippen LogP contribution in [0.4, 0.5) is 0 Å². The van der Waals surface area contributed by atoms with Crippen LogP contribution in [0.25, 0.3) is 0 Å². The van der Waals surface area contributed by atoms with E-state index in [9.17, 15) is 0 Å². The summed E-state index contributed by atoms with van der Waals surface area (Å²) in [5.41, 5.74) is 1.17. The van der Waals surface area contributed by atoms with Crippen LogP contribution in [-0.2, 0) is 0 Å². The van der Waals surface area contributed by atoms with E-state index in [1.165, 1.54) is 12.8 Å². The molecule has 0 amide bonds. The average molecular weight is 200 g/mol. The van der Waals surface area contributed by atoms with Crippen LogP contribution >= 0.6 is 0 Å². The van der Waals surface area contributed by atoms with Gasteiger partial charge in [-0.05, 0) is 29.6 Å². The van der Waals surface area contributed by atoms with Crippen molar-refractivity contribution in [3.63, 3.8) is 0 Å². The maximum Gasteiger partial charge on any atom is -0.0323 e. The van der Waals surface area contributed by atoms with Crippen molar-refractivity contribution in [1.82, 2.24) is 0 Å². The molecule has 0 saturated heterocycles. The van der Waals surface area contributed by atoms with Gasteiger partial charge in [-0.3, -0.25) is 0 Å². The third-order valence-corrected chi connectivity index (χ3v) is 3.76. The van der Waals surface area contributed by atoms with E-state index >= 15 is 0 Å². The zero-order valence-electron chi connectivity index (χ0n) is 12.0. The summed E-state index contributed by atoms with van der Waals surface area (Å²) >= 11 is 0. The average Bonchev–Trinajstić information content (AvgIpc) is 2.37. The molecule has 88 valence electrons. The predicted octanol–water partition coefficient (Wildman–Crippen LogP) is 5.52. The van der Waals surface area contributed by atoms with Gasteiger partial charge in [0.25, 0.3) is 0 Å². The summed E-state index contributed by atoms with van der Waals surface area (Å²) in [6.07, 6.45) is 2.81. The van der Waals surface area contributed by atoms with E-state index in [1.807, 2.05) is 27.7 Å². The first-order valence-electron chi connectivity index (χ1n) is 6.36. The summed E-state index contributed by atoms with van der Waals surface area (Å²) in [4.78, 5) is 0. The first kappa shape index (κ1) is 16.4. The van der Waals surface area contributed by atoms with Gasteiger partial charge in [0, 0.05) is 0 Å². The van der Waals surface area contributed by atoms with Gasteiger partial charge in [0.15, 0.2) is 0 Å². The fourth-order valence-corrected chi connectivity index (χ4v) is 2.14. The molecule has 0 aromatic carbocycles. The number of hydrogen-bond acceptors (Lipinski definition) is 0. The molecule has 0 spiro atoms. The zero-order chi connectivity index (χ0) is 12.0. The van der Waals surface area contributed by atoms with Gasteiger partial charge < -0.3 is 0 Å². The fraction of sp³-hybridized carbons (Fsp3) is 1.00. The minimum Gasteiger partial charge on any atom is -0.0683 e. The first-order chi connectivity index (χ1) is 6.36. The van der Waals surface area contributed by atoms with E-state index in [1.54, 1.807) is 0 Å². The lowest BCUT2D eigenvalue weighted by atomic mass is 9.74. The lowest BCUT2D eigenvalue weighted by molar-refractivity contribution is 0.179. The van der Waals surface area contributed by atoms with Crippen molar-refractivity contribution in [3.8, 4) is 0 Å². The van der Waals surface area contributed by atoms with E-state index in [0.29, 0.717) is 10.8 Å². The Balaban J connectivity index is 0. The van der Waals surface area contributed by atoms with Gasteiger partial charge in [0.1, 0.15) is 0 Å². The normalized spacial score (nSPS) is 22.9. The van der Waals surface area contributed by atoms with Crippen molar-refractivity contribution < 1.29 is 0 Å². The maximum absolute atomic E-state index is 2.40. The lowest BCUT2D eigenvalue weighted by Gasteiger charge is -2.31. The highest BCUT2D eigenvalue weighted by Gasteiger charge is 2.43. The molecule has 0 radical (unpaired) electrons. The summed E-state index contributed by atoms with van der Waals surface area (Å²) in [5.74, 6) is 0.875. The van der Waals surface area contributed by atoms with Gasteiger partial charge in [0.2, 0.25) is 0 Å². The Kier molecular flexibility index (Phi) is 7.60. The van der Waals surface area contributed by atoms with Crippen LogP contribution in [0.2, 0.25) is 0 Å². The molecule has 0 nitrogen and oxygen atoms in total. The Labute approximate surface area is 92.5 Å². The fourth-order valence-electron chi connectivity index (χ4n) is 2.14. The van der Waals surface area contributed by atoms with Crippen molar-refractivity contribution in [1.29, 1.82) is 0 Å². The Morgan fingerprint density at radius 3 is 1.00 bits per heavy atom. The van der Waals surface area contributed by atoms with Gasteiger partial charge in [-0.25, -0.2) is 0 Å². The summed E-state index contributed by atoms with van der Waals surface area (Å²) in [7, 11) is 0. The van der Waals surface area contributed by atoms with Crippen molar-refractivity contribution in [3.05, 3.63) is 0 Å². The molecule has 1 fully saturated rings. The minimum absolute atomic E-state index is 0.587. The summed E-state index contributed by atoms with van der Waals surface area (Å²) in [6, 6.07) is 0. The van der Waals surface area contributed by atoms with Gasteiger partial charge in [-0.1, -0.05) is 62.3 Å². The van der Waals surface area contributed by atoms with E-state index < -0.39 is 0 Å². The predicted molar refractivity (Wildman–Crippen MR) is 68.7 cm³/mol. The highest BCUT2D eigenvalue weighted by atomic mass is 14.5. The van der Waals surface area contributed by atoms with Gasteiger partial charge in [0.05, 0.1) is 0 Å². The highest BCUT2D eigenvalue weighted by molar-refractivity contribution is 4.93. The molecule has 0 bridgehead atoms. The minimum atomic E-state index is 0.587. The van der Waals surface area contributed by atoms with Crippen molar-refractivity contribution in [2.24, 2.45) is 16.7 Å². The zero-order valence-corrected chi connectivity index (χ0v) is 12.0. The Bertz CT molecular complexity index is 115. The molecule has 1 rings (SSSR count). The summed E-state index contributed by atoms with van der Waals surface area (Å²) in [5, 5.41) is 0. The third-order valence-electron chi connectivity index (χ3n) is 3.76. The standard InChI is InChI=1S/C10H20.2C2H6/c1-8-9(2,3)6-7-10(8,4)5;2*1-2/h8H,6-7H2,1-5H3;2*1-2H3. The molecule has 0 aromatic heterocycles. The SMILES string of the molecule is CC.CC.CC1C(C)(C)CCC1(C)C. The molecular weight excluding hydrogens is 168 g/mol. The Morgan fingerprint density at radius 1 is 0.714 bits per heavy atom. The van der Waals surface area contributed by atoms with Crippen LogP contribution in [-0.4, -0.2) is 0 Å². The Morgan fingerprint density at radius 2 is 0.929 bits per heavy atom. The molecule has 14 heavy (non-hydrogen) atoms. The molecule has 0 aromatic rings. The van der Waals surface area contributed by atoms with E-state index in [2.05, 4.69) is 34.6 Å². The van der Waals surface area contributed by atoms with Gasteiger partial charge >= 0.3 is 0 Å². The molecule has 0 unspecified atom stereocenters. The van der Waals surface area contributed by atoms with Crippen LogP contribution in [0.1, 0.15) is 75.2 Å². The maximum atomic E-state index is 2.40. The first-order valence-corrected chi connectivity index (χ1v) is 6.36. The molecule has 0 heteroatoms. The number of hydrogen-bond donors (Lipinski definition) is 0. The molecule has 1 aliphatic carbocycles. The smallest absolute Gasteiger partial charge is 0.0323 e.